The number of nitrogens with one attached hydrogen (secondary N) is 1. The van der Waals surface area contributed by atoms with E-state index in [0.717, 1.165) is 16.8 Å². The number of carbonyl (C=O) groups is 1. The van der Waals surface area contributed by atoms with Crippen molar-refractivity contribution < 1.29 is 9.90 Å². The molecule has 0 fully saturated rings. The minimum absolute atomic E-state index is 0.0384. The number of carbonyl (C=O) groups excluding carboxylic acids is 1. The number of aliphatic hydroxyl groups is 1. The molecule has 0 radical (unpaired) electrons. The van der Waals surface area contributed by atoms with Gasteiger partial charge in [-0.15, -0.1) is 0 Å². The fourth-order valence-electron chi connectivity index (χ4n) is 1.58. The van der Waals surface area contributed by atoms with E-state index in [4.69, 9.17) is 5.11 Å². The molecule has 19 heavy (non-hydrogen) atoms. The minimum Gasteiger partial charge on any atom is -0.395 e. The minimum atomic E-state index is -0.0384. The van der Waals surface area contributed by atoms with Crippen molar-refractivity contribution in [3.05, 3.63) is 29.3 Å². The quantitative estimate of drug-likeness (QED) is 0.801. The zero-order valence-corrected chi connectivity index (χ0v) is 11.7. The molecule has 0 aliphatic carbocycles. The lowest BCUT2D eigenvalue weighted by molar-refractivity contribution is -0.116. The number of aryl methyl sites for hydroxylation is 1. The van der Waals surface area contributed by atoms with Crippen LogP contribution < -0.4 is 5.32 Å². The Morgan fingerprint density at radius 3 is 2.74 bits per heavy atom. The second-order valence-electron chi connectivity index (χ2n) is 4.59. The number of benzene rings is 1. The maximum absolute atomic E-state index is 11.6. The van der Waals surface area contributed by atoms with Crippen molar-refractivity contribution >= 4 is 11.6 Å². The van der Waals surface area contributed by atoms with E-state index in [1.807, 2.05) is 44.1 Å². The lowest BCUT2D eigenvalue weighted by atomic mass is 10.1. The zero-order chi connectivity index (χ0) is 14.3. The van der Waals surface area contributed by atoms with Crippen LogP contribution in [0.25, 0.3) is 0 Å². The molecule has 0 aliphatic heterocycles. The molecule has 1 amide bonds. The van der Waals surface area contributed by atoms with E-state index in [1.165, 1.54) is 0 Å². The molecule has 0 heterocycles. The molecule has 0 saturated heterocycles. The van der Waals surface area contributed by atoms with Crippen LogP contribution in [0.1, 0.15) is 17.5 Å². The van der Waals surface area contributed by atoms with Crippen LogP contribution in [-0.4, -0.2) is 43.2 Å². The molecule has 0 saturated carbocycles. The van der Waals surface area contributed by atoms with E-state index >= 15 is 0 Å². The predicted molar refractivity (Wildman–Crippen MR) is 76.9 cm³/mol. The van der Waals surface area contributed by atoms with Crippen LogP contribution in [0.5, 0.6) is 0 Å². The van der Waals surface area contributed by atoms with Gasteiger partial charge in [0, 0.05) is 17.7 Å². The Labute approximate surface area is 114 Å². The number of nitrogens with zero attached hydrogens (tertiary/aromatic N) is 1. The normalized spacial score (nSPS) is 9.95. The van der Waals surface area contributed by atoms with Crippen molar-refractivity contribution in [2.45, 2.75) is 13.3 Å². The van der Waals surface area contributed by atoms with Gasteiger partial charge in [-0.1, -0.05) is 11.8 Å². The second-order valence-corrected chi connectivity index (χ2v) is 4.59. The molecule has 2 N–H and O–H groups in total. The molecule has 1 aromatic rings. The number of rotatable bonds is 4. The zero-order valence-electron chi connectivity index (χ0n) is 11.7. The van der Waals surface area contributed by atoms with Gasteiger partial charge in [0.05, 0.1) is 13.2 Å². The van der Waals surface area contributed by atoms with Crippen LogP contribution in [0.3, 0.4) is 0 Å². The highest BCUT2D eigenvalue weighted by molar-refractivity contribution is 5.92. The van der Waals surface area contributed by atoms with E-state index in [0.29, 0.717) is 13.0 Å². The highest BCUT2D eigenvalue weighted by Crippen LogP contribution is 2.14. The van der Waals surface area contributed by atoms with Gasteiger partial charge in [0.25, 0.3) is 0 Å². The average Bonchev–Trinajstić information content (AvgIpc) is 2.31. The molecule has 1 aromatic carbocycles. The third-order valence-corrected chi connectivity index (χ3v) is 2.43. The van der Waals surface area contributed by atoms with Crippen molar-refractivity contribution in [1.82, 2.24) is 4.90 Å². The van der Waals surface area contributed by atoms with E-state index in [9.17, 15) is 4.79 Å². The van der Waals surface area contributed by atoms with Gasteiger partial charge >= 0.3 is 0 Å². The summed E-state index contributed by atoms with van der Waals surface area (Å²) >= 11 is 0. The smallest absolute Gasteiger partial charge is 0.238 e. The molecule has 0 unspecified atom stereocenters. The summed E-state index contributed by atoms with van der Waals surface area (Å²) in [6, 6.07) is 5.62. The van der Waals surface area contributed by atoms with Crippen molar-refractivity contribution in [3.8, 4) is 11.8 Å². The molecule has 102 valence electrons. The van der Waals surface area contributed by atoms with E-state index in [1.54, 1.807) is 0 Å². The fourth-order valence-corrected chi connectivity index (χ4v) is 1.58. The number of hydrogen-bond acceptors (Lipinski definition) is 3. The fraction of sp³-hybridized carbons (Fsp3) is 0.400. The van der Waals surface area contributed by atoms with Crippen molar-refractivity contribution in [2.24, 2.45) is 0 Å². The summed E-state index contributed by atoms with van der Waals surface area (Å²) in [6.07, 6.45) is 0.473. The molecule has 0 spiro atoms. The van der Waals surface area contributed by atoms with Gasteiger partial charge in [0.2, 0.25) is 5.91 Å². The monoisotopic (exact) mass is 260 g/mol. The molecular formula is C15H20N2O2. The van der Waals surface area contributed by atoms with E-state index < -0.39 is 0 Å². The van der Waals surface area contributed by atoms with Crippen LogP contribution in [-0.2, 0) is 4.79 Å². The van der Waals surface area contributed by atoms with Crippen LogP contribution >= 0.6 is 0 Å². The molecule has 0 aliphatic rings. The molecule has 0 aromatic heterocycles. The van der Waals surface area contributed by atoms with E-state index in [-0.39, 0.29) is 12.5 Å². The lowest BCUT2D eigenvalue weighted by Crippen LogP contribution is -2.27. The Kier molecular flexibility index (Phi) is 6.07. The number of anilines is 1. The lowest BCUT2D eigenvalue weighted by Gasteiger charge is -2.11. The van der Waals surface area contributed by atoms with Gasteiger partial charge in [0.1, 0.15) is 0 Å². The average molecular weight is 260 g/mol. The van der Waals surface area contributed by atoms with Gasteiger partial charge in [-0.3, -0.25) is 4.79 Å². The topological polar surface area (TPSA) is 52.6 Å². The van der Waals surface area contributed by atoms with Gasteiger partial charge in [-0.05, 0) is 44.8 Å². The van der Waals surface area contributed by atoms with Gasteiger partial charge in [-0.2, -0.15) is 0 Å². The highest BCUT2D eigenvalue weighted by Gasteiger charge is 2.04. The summed E-state index contributed by atoms with van der Waals surface area (Å²) in [5, 5.41) is 11.5. The summed E-state index contributed by atoms with van der Waals surface area (Å²) in [5.41, 5.74) is 2.70. The molecule has 4 nitrogen and oxygen atoms in total. The van der Waals surface area contributed by atoms with Crippen molar-refractivity contribution in [1.29, 1.82) is 0 Å². The highest BCUT2D eigenvalue weighted by atomic mass is 16.2. The van der Waals surface area contributed by atoms with Crippen LogP contribution in [0.15, 0.2) is 18.2 Å². The second kappa shape index (κ2) is 7.57. The number of aliphatic hydroxyl groups excluding tert-OH is 1. The predicted octanol–water partition coefficient (Wildman–Crippen LogP) is 1.23. The number of amides is 1. The first-order chi connectivity index (χ1) is 9.02. The van der Waals surface area contributed by atoms with Gasteiger partial charge in [-0.25, -0.2) is 0 Å². The van der Waals surface area contributed by atoms with Crippen LogP contribution in [0.4, 0.5) is 5.69 Å². The van der Waals surface area contributed by atoms with Crippen LogP contribution in [0, 0.1) is 18.8 Å². The van der Waals surface area contributed by atoms with Crippen molar-refractivity contribution in [2.75, 3.05) is 32.6 Å². The number of hydrogen-bond donors (Lipinski definition) is 2. The standard InChI is InChI=1S/C15H20N2O2/c1-12-10-14(16-15(19)11-17(2)3)8-7-13(12)6-4-5-9-18/h7-8,10,18H,5,9,11H2,1-3H3,(H,16,19). The first kappa shape index (κ1) is 15.2. The van der Waals surface area contributed by atoms with E-state index in [2.05, 4.69) is 17.2 Å². The first-order valence-corrected chi connectivity index (χ1v) is 6.18. The molecular weight excluding hydrogens is 240 g/mol. The maximum Gasteiger partial charge on any atom is 0.238 e. The Balaban J connectivity index is 2.72. The Bertz CT molecular complexity index is 499. The van der Waals surface area contributed by atoms with Crippen LogP contribution in [0.2, 0.25) is 0 Å². The summed E-state index contributed by atoms with van der Waals surface area (Å²) < 4.78 is 0. The summed E-state index contributed by atoms with van der Waals surface area (Å²) in [7, 11) is 3.70. The SMILES string of the molecule is Cc1cc(NC(=O)CN(C)C)ccc1C#CCCO. The maximum atomic E-state index is 11.6. The Hall–Kier alpha value is -1.83. The summed E-state index contributed by atoms with van der Waals surface area (Å²) in [5.74, 6) is 5.84. The Morgan fingerprint density at radius 2 is 2.16 bits per heavy atom. The Morgan fingerprint density at radius 1 is 1.42 bits per heavy atom. The molecule has 0 bridgehead atoms. The first-order valence-electron chi connectivity index (χ1n) is 6.18. The largest absolute Gasteiger partial charge is 0.395 e. The molecule has 1 rings (SSSR count). The van der Waals surface area contributed by atoms with Gasteiger partial charge in [0.15, 0.2) is 0 Å². The third-order valence-electron chi connectivity index (χ3n) is 2.43. The third kappa shape index (κ3) is 5.56. The number of likely N-dealkylation sites (N-methyl/N-ethyl adjacent to an activating group) is 1. The molecule has 4 heteroatoms. The van der Waals surface area contributed by atoms with Crippen molar-refractivity contribution in [3.63, 3.8) is 0 Å². The summed E-state index contributed by atoms with van der Waals surface area (Å²) in [6.45, 7) is 2.38. The molecule has 0 atom stereocenters. The van der Waals surface area contributed by atoms with Gasteiger partial charge < -0.3 is 15.3 Å². The summed E-state index contributed by atoms with van der Waals surface area (Å²) in [4.78, 5) is 13.4.